The first-order chi connectivity index (χ1) is 9.16. The zero-order valence-corrected chi connectivity index (χ0v) is 10.2. The molecule has 4 heteroatoms. The van der Waals surface area contributed by atoms with E-state index in [1.807, 2.05) is 0 Å². The smallest absolute Gasteiger partial charge is 0.228 e. The number of hydrogen-bond acceptors (Lipinski definition) is 3. The van der Waals surface area contributed by atoms with E-state index < -0.39 is 0 Å². The minimum atomic E-state index is -0.348. The van der Waals surface area contributed by atoms with Crippen molar-refractivity contribution in [2.45, 2.75) is 6.92 Å². The molecule has 1 aromatic carbocycles. The Morgan fingerprint density at radius 3 is 2.68 bits per heavy atom. The molecular weight excluding hydrogens is 245 g/mol. The number of pyridine rings is 1. The van der Waals surface area contributed by atoms with Crippen LogP contribution >= 0.6 is 0 Å². The molecule has 0 bridgehead atoms. The van der Waals surface area contributed by atoms with Crippen molar-refractivity contribution in [3.05, 3.63) is 65.4 Å². The van der Waals surface area contributed by atoms with Crippen molar-refractivity contribution < 1.29 is 13.6 Å². The molecule has 0 radical (unpaired) electrons. The predicted molar refractivity (Wildman–Crippen MR) is 68.6 cm³/mol. The molecule has 0 spiro atoms. The van der Waals surface area contributed by atoms with Crippen molar-refractivity contribution in [2.24, 2.45) is 0 Å². The van der Waals surface area contributed by atoms with E-state index in [-0.39, 0.29) is 17.4 Å². The van der Waals surface area contributed by atoms with Gasteiger partial charge in [0.15, 0.2) is 5.76 Å². The van der Waals surface area contributed by atoms with Crippen LogP contribution in [-0.2, 0) is 0 Å². The van der Waals surface area contributed by atoms with Gasteiger partial charge in [0.2, 0.25) is 5.78 Å². The summed E-state index contributed by atoms with van der Waals surface area (Å²) in [5.41, 5.74) is 1.66. The van der Waals surface area contributed by atoms with E-state index in [4.69, 9.17) is 4.42 Å². The number of aryl methyl sites for hydroxylation is 1. The van der Waals surface area contributed by atoms with Crippen molar-refractivity contribution in [2.75, 3.05) is 0 Å². The fraction of sp³-hybridized carbons (Fsp3) is 0.0667. The standard InChI is InChI=1S/C15H10FNO2/c1-9-12-8-11(16)2-3-13(12)19-15(9)14(18)10-4-6-17-7-5-10/h2-8H,1H3. The highest BCUT2D eigenvalue weighted by atomic mass is 19.1. The van der Waals surface area contributed by atoms with Crippen LogP contribution in [0.1, 0.15) is 21.7 Å². The normalized spacial score (nSPS) is 10.8. The van der Waals surface area contributed by atoms with Crippen LogP contribution in [0.25, 0.3) is 11.0 Å². The van der Waals surface area contributed by atoms with E-state index in [2.05, 4.69) is 4.98 Å². The summed E-state index contributed by atoms with van der Waals surface area (Å²) in [6, 6.07) is 7.45. The SMILES string of the molecule is Cc1c(C(=O)c2ccncc2)oc2ccc(F)cc12. The number of carbonyl (C=O) groups excluding carboxylic acids is 1. The average Bonchev–Trinajstić information content (AvgIpc) is 2.76. The Morgan fingerprint density at radius 2 is 1.95 bits per heavy atom. The lowest BCUT2D eigenvalue weighted by atomic mass is 10.1. The number of hydrogen-bond donors (Lipinski definition) is 0. The summed E-state index contributed by atoms with van der Waals surface area (Å²) in [4.78, 5) is 16.2. The van der Waals surface area contributed by atoms with Crippen molar-refractivity contribution in [3.63, 3.8) is 0 Å². The van der Waals surface area contributed by atoms with Gasteiger partial charge in [-0.3, -0.25) is 9.78 Å². The van der Waals surface area contributed by atoms with E-state index in [1.54, 1.807) is 31.5 Å². The third-order valence-corrected chi connectivity index (χ3v) is 3.05. The lowest BCUT2D eigenvalue weighted by Crippen LogP contribution is -2.01. The second kappa shape index (κ2) is 4.31. The van der Waals surface area contributed by atoms with E-state index in [0.717, 1.165) is 0 Å². The van der Waals surface area contributed by atoms with Crippen LogP contribution in [0.4, 0.5) is 4.39 Å². The molecule has 2 aromatic heterocycles. The van der Waals surface area contributed by atoms with E-state index in [0.29, 0.717) is 22.1 Å². The van der Waals surface area contributed by atoms with Crippen LogP contribution in [0, 0.1) is 12.7 Å². The van der Waals surface area contributed by atoms with Crippen molar-refractivity contribution >= 4 is 16.8 Å². The van der Waals surface area contributed by atoms with Gasteiger partial charge in [-0.15, -0.1) is 0 Å². The molecule has 0 fully saturated rings. The molecule has 0 aliphatic carbocycles. The van der Waals surface area contributed by atoms with Gasteiger partial charge in [0.05, 0.1) is 0 Å². The fourth-order valence-electron chi connectivity index (χ4n) is 2.04. The van der Waals surface area contributed by atoms with Gasteiger partial charge in [-0.2, -0.15) is 0 Å². The third-order valence-electron chi connectivity index (χ3n) is 3.05. The van der Waals surface area contributed by atoms with Crippen LogP contribution in [0.2, 0.25) is 0 Å². The molecule has 0 atom stereocenters. The van der Waals surface area contributed by atoms with Gasteiger partial charge < -0.3 is 4.42 Å². The maximum absolute atomic E-state index is 13.2. The molecule has 0 unspecified atom stereocenters. The molecule has 0 saturated carbocycles. The Balaban J connectivity index is 2.16. The molecule has 0 N–H and O–H groups in total. The van der Waals surface area contributed by atoms with Crippen molar-refractivity contribution in [1.82, 2.24) is 4.98 Å². The van der Waals surface area contributed by atoms with Gasteiger partial charge in [-0.25, -0.2) is 4.39 Å². The molecular formula is C15H10FNO2. The number of benzene rings is 1. The second-order valence-electron chi connectivity index (χ2n) is 4.26. The quantitative estimate of drug-likeness (QED) is 0.658. The highest BCUT2D eigenvalue weighted by molar-refractivity contribution is 6.10. The Kier molecular flexibility index (Phi) is 2.63. The summed E-state index contributed by atoms with van der Waals surface area (Å²) in [6.07, 6.45) is 3.09. The summed E-state index contributed by atoms with van der Waals surface area (Å²) in [5, 5.41) is 0.623. The van der Waals surface area contributed by atoms with Crippen molar-refractivity contribution in [1.29, 1.82) is 0 Å². The number of carbonyl (C=O) groups is 1. The molecule has 0 amide bonds. The molecule has 0 saturated heterocycles. The monoisotopic (exact) mass is 255 g/mol. The van der Waals surface area contributed by atoms with Crippen LogP contribution < -0.4 is 0 Å². The first kappa shape index (κ1) is 11.6. The van der Waals surface area contributed by atoms with Gasteiger partial charge in [0.1, 0.15) is 11.4 Å². The molecule has 0 aliphatic heterocycles. The molecule has 19 heavy (non-hydrogen) atoms. The predicted octanol–water partition coefficient (Wildman–Crippen LogP) is 3.51. The minimum Gasteiger partial charge on any atom is -0.452 e. The maximum atomic E-state index is 13.2. The minimum absolute atomic E-state index is 0.225. The van der Waals surface area contributed by atoms with Gasteiger partial charge in [0, 0.05) is 28.9 Å². The van der Waals surface area contributed by atoms with Gasteiger partial charge in [-0.1, -0.05) is 0 Å². The third kappa shape index (κ3) is 1.91. The average molecular weight is 255 g/mol. The number of nitrogens with zero attached hydrogens (tertiary/aromatic N) is 1. The first-order valence-corrected chi connectivity index (χ1v) is 5.80. The van der Waals surface area contributed by atoms with Crippen LogP contribution in [-0.4, -0.2) is 10.8 Å². The van der Waals surface area contributed by atoms with Crippen molar-refractivity contribution in [3.8, 4) is 0 Å². The Hall–Kier alpha value is -2.49. The fourth-order valence-corrected chi connectivity index (χ4v) is 2.04. The summed E-state index contributed by atoms with van der Waals surface area (Å²) < 4.78 is 18.7. The lowest BCUT2D eigenvalue weighted by Gasteiger charge is -1.97. The van der Waals surface area contributed by atoms with Crippen LogP contribution in [0.3, 0.4) is 0 Å². The number of aromatic nitrogens is 1. The molecule has 94 valence electrons. The molecule has 3 rings (SSSR count). The first-order valence-electron chi connectivity index (χ1n) is 5.80. The number of halogens is 1. The largest absolute Gasteiger partial charge is 0.452 e. The van der Waals surface area contributed by atoms with E-state index in [1.165, 1.54) is 18.2 Å². The highest BCUT2D eigenvalue weighted by Crippen LogP contribution is 2.27. The summed E-state index contributed by atoms with van der Waals surface area (Å²) in [7, 11) is 0. The zero-order valence-electron chi connectivity index (χ0n) is 10.2. The highest BCUT2D eigenvalue weighted by Gasteiger charge is 2.19. The summed E-state index contributed by atoms with van der Waals surface area (Å²) in [5.74, 6) is -0.331. The maximum Gasteiger partial charge on any atom is 0.228 e. The number of ketones is 1. The Labute approximate surface area is 108 Å². The summed E-state index contributed by atoms with van der Waals surface area (Å²) in [6.45, 7) is 1.75. The lowest BCUT2D eigenvalue weighted by molar-refractivity contribution is 0.101. The van der Waals surface area contributed by atoms with E-state index in [9.17, 15) is 9.18 Å². The molecule has 2 heterocycles. The Morgan fingerprint density at radius 1 is 1.21 bits per heavy atom. The topological polar surface area (TPSA) is 43.1 Å². The van der Waals surface area contributed by atoms with E-state index >= 15 is 0 Å². The van der Waals surface area contributed by atoms with Gasteiger partial charge >= 0.3 is 0 Å². The Bertz CT molecular complexity index is 762. The summed E-state index contributed by atoms with van der Waals surface area (Å²) >= 11 is 0. The molecule has 3 aromatic rings. The van der Waals surface area contributed by atoms with Crippen LogP contribution in [0.5, 0.6) is 0 Å². The molecule has 3 nitrogen and oxygen atoms in total. The van der Waals surface area contributed by atoms with Crippen LogP contribution in [0.15, 0.2) is 47.1 Å². The zero-order chi connectivity index (χ0) is 13.4. The second-order valence-corrected chi connectivity index (χ2v) is 4.26. The number of rotatable bonds is 2. The number of fused-ring (bicyclic) bond motifs is 1. The number of furan rings is 1. The molecule has 0 aliphatic rings. The van der Waals surface area contributed by atoms with Gasteiger partial charge in [-0.05, 0) is 37.3 Å². The van der Waals surface area contributed by atoms with Gasteiger partial charge in [0.25, 0.3) is 0 Å².